The lowest BCUT2D eigenvalue weighted by molar-refractivity contribution is -0.131. The first kappa shape index (κ1) is 15.3. The van der Waals surface area contributed by atoms with Gasteiger partial charge >= 0.3 is 0 Å². The van der Waals surface area contributed by atoms with Crippen LogP contribution in [0, 0.1) is 0 Å². The Hall–Kier alpha value is -0.650. The molecule has 1 unspecified atom stereocenters. The number of nitrogens with one attached hydrogen (secondary N) is 1. The fourth-order valence-electron chi connectivity index (χ4n) is 1.46. The van der Waals surface area contributed by atoms with E-state index in [4.69, 9.17) is 10.5 Å². The van der Waals surface area contributed by atoms with E-state index >= 15 is 0 Å². The van der Waals surface area contributed by atoms with Gasteiger partial charge in [-0.2, -0.15) is 0 Å². The third-order valence-corrected chi connectivity index (χ3v) is 2.48. The molecule has 0 fully saturated rings. The van der Waals surface area contributed by atoms with Crippen LogP contribution in [0.2, 0.25) is 0 Å². The minimum absolute atomic E-state index is 0.0206. The second kappa shape index (κ2) is 9.57. The van der Waals surface area contributed by atoms with E-state index in [0.29, 0.717) is 13.0 Å². The average Bonchev–Trinajstić information content (AvgIpc) is 2.28. The Kier molecular flexibility index (Phi) is 9.18. The maximum Gasteiger partial charge on any atom is 0.239 e. The van der Waals surface area contributed by atoms with E-state index < -0.39 is 6.04 Å². The lowest BCUT2D eigenvalue weighted by Gasteiger charge is -2.21. The van der Waals surface area contributed by atoms with Crippen molar-refractivity contribution in [1.82, 2.24) is 10.2 Å². The molecule has 5 heteroatoms. The second-order valence-electron chi connectivity index (χ2n) is 3.96. The molecule has 96 valence electrons. The van der Waals surface area contributed by atoms with E-state index in [0.717, 1.165) is 25.9 Å². The summed E-state index contributed by atoms with van der Waals surface area (Å²) in [5.41, 5.74) is 5.80. The van der Waals surface area contributed by atoms with E-state index in [1.54, 1.807) is 19.1 Å². The fraction of sp³-hybridized carbons (Fsp3) is 0.909. The second-order valence-corrected chi connectivity index (χ2v) is 3.96. The zero-order chi connectivity index (χ0) is 12.4. The van der Waals surface area contributed by atoms with Crippen LogP contribution in [-0.4, -0.2) is 57.8 Å². The Morgan fingerprint density at radius 3 is 2.75 bits per heavy atom. The summed E-state index contributed by atoms with van der Waals surface area (Å²) in [5, 5.41) is 3.05. The highest BCUT2D eigenvalue weighted by Crippen LogP contribution is 1.99. The van der Waals surface area contributed by atoms with Gasteiger partial charge in [-0.05, 0) is 32.9 Å². The molecule has 0 rings (SSSR count). The lowest BCUT2D eigenvalue weighted by atomic mass is 10.1. The average molecular weight is 231 g/mol. The number of nitrogens with two attached hydrogens (primary N) is 1. The van der Waals surface area contributed by atoms with Crippen LogP contribution in [0.25, 0.3) is 0 Å². The highest BCUT2D eigenvalue weighted by molar-refractivity contribution is 5.81. The number of carbonyl (C=O) groups excluding carboxylic acids is 1. The summed E-state index contributed by atoms with van der Waals surface area (Å²) in [6.45, 7) is 2.32. The van der Waals surface area contributed by atoms with Crippen molar-refractivity contribution in [2.45, 2.75) is 25.3 Å². The molecule has 0 aliphatic carbocycles. The van der Waals surface area contributed by atoms with Gasteiger partial charge in [0.1, 0.15) is 0 Å². The minimum atomic E-state index is -0.394. The van der Waals surface area contributed by atoms with Crippen LogP contribution in [-0.2, 0) is 9.53 Å². The zero-order valence-electron chi connectivity index (χ0n) is 10.7. The predicted molar refractivity (Wildman–Crippen MR) is 65.3 cm³/mol. The van der Waals surface area contributed by atoms with E-state index in [9.17, 15) is 4.79 Å². The number of amides is 1. The van der Waals surface area contributed by atoms with Crippen LogP contribution in [0.1, 0.15) is 19.3 Å². The maximum absolute atomic E-state index is 11.8. The van der Waals surface area contributed by atoms with Gasteiger partial charge in [0.25, 0.3) is 0 Å². The molecule has 0 aromatic carbocycles. The standard InChI is InChI=1S/C11H25N3O2/c1-13-7-5-8-14(2)11(15)10(12)6-4-9-16-3/h10,13H,4-9,12H2,1-3H3. The van der Waals surface area contributed by atoms with E-state index in [1.807, 2.05) is 7.05 Å². The largest absolute Gasteiger partial charge is 0.385 e. The molecule has 1 atom stereocenters. The number of hydrogen-bond donors (Lipinski definition) is 2. The van der Waals surface area contributed by atoms with Gasteiger partial charge in [0.05, 0.1) is 6.04 Å². The number of ether oxygens (including phenoxy) is 1. The van der Waals surface area contributed by atoms with Gasteiger partial charge in [-0.1, -0.05) is 0 Å². The summed E-state index contributed by atoms with van der Waals surface area (Å²) in [4.78, 5) is 13.5. The lowest BCUT2D eigenvalue weighted by Crippen LogP contribution is -2.42. The van der Waals surface area contributed by atoms with Gasteiger partial charge in [-0.25, -0.2) is 0 Å². The quantitative estimate of drug-likeness (QED) is 0.540. The molecule has 3 N–H and O–H groups in total. The monoisotopic (exact) mass is 231 g/mol. The molecule has 0 heterocycles. The van der Waals surface area contributed by atoms with Gasteiger partial charge in [-0.15, -0.1) is 0 Å². The van der Waals surface area contributed by atoms with Crippen LogP contribution in [0.4, 0.5) is 0 Å². The van der Waals surface area contributed by atoms with Crippen LogP contribution < -0.4 is 11.1 Å². The van der Waals surface area contributed by atoms with Crippen LogP contribution in [0.5, 0.6) is 0 Å². The molecule has 16 heavy (non-hydrogen) atoms. The van der Waals surface area contributed by atoms with Gasteiger partial charge in [-0.3, -0.25) is 4.79 Å². The molecule has 0 aliphatic rings. The summed E-state index contributed by atoms with van der Waals surface area (Å²) >= 11 is 0. The first-order chi connectivity index (χ1) is 7.63. The van der Waals surface area contributed by atoms with Gasteiger partial charge in [0.2, 0.25) is 5.91 Å². The summed E-state index contributed by atoms with van der Waals surface area (Å²) in [6.07, 6.45) is 2.46. The Morgan fingerprint density at radius 2 is 2.19 bits per heavy atom. The number of hydrogen-bond acceptors (Lipinski definition) is 4. The van der Waals surface area contributed by atoms with Crippen molar-refractivity contribution in [3.63, 3.8) is 0 Å². The van der Waals surface area contributed by atoms with E-state index in [2.05, 4.69) is 5.32 Å². The molecular weight excluding hydrogens is 206 g/mol. The first-order valence-electron chi connectivity index (χ1n) is 5.77. The Morgan fingerprint density at radius 1 is 1.50 bits per heavy atom. The third kappa shape index (κ3) is 6.76. The topological polar surface area (TPSA) is 67.6 Å². The highest BCUT2D eigenvalue weighted by atomic mass is 16.5. The molecule has 0 aromatic heterocycles. The molecule has 0 saturated carbocycles. The zero-order valence-corrected chi connectivity index (χ0v) is 10.7. The van der Waals surface area contributed by atoms with Crippen molar-refractivity contribution in [2.75, 3.05) is 40.9 Å². The Bertz CT molecular complexity index is 170. The SMILES string of the molecule is CNCCCN(C)C(=O)C(N)CCCOC. The number of rotatable bonds is 9. The molecule has 5 nitrogen and oxygen atoms in total. The molecule has 0 aromatic rings. The van der Waals surface area contributed by atoms with Gasteiger partial charge in [0, 0.05) is 27.3 Å². The molecule has 0 bridgehead atoms. The van der Waals surface area contributed by atoms with Crippen molar-refractivity contribution in [3.8, 4) is 0 Å². The van der Waals surface area contributed by atoms with Crippen molar-refractivity contribution >= 4 is 5.91 Å². The summed E-state index contributed by atoms with van der Waals surface area (Å²) in [5.74, 6) is 0.0206. The van der Waals surface area contributed by atoms with Crippen molar-refractivity contribution < 1.29 is 9.53 Å². The summed E-state index contributed by atoms with van der Waals surface area (Å²) in [6, 6.07) is -0.394. The number of nitrogens with zero attached hydrogens (tertiary/aromatic N) is 1. The fourth-order valence-corrected chi connectivity index (χ4v) is 1.46. The summed E-state index contributed by atoms with van der Waals surface area (Å²) < 4.78 is 4.92. The Balaban J connectivity index is 3.73. The number of carbonyl (C=O) groups is 1. The van der Waals surface area contributed by atoms with Crippen molar-refractivity contribution in [1.29, 1.82) is 0 Å². The molecule has 0 radical (unpaired) electrons. The smallest absolute Gasteiger partial charge is 0.239 e. The van der Waals surface area contributed by atoms with Crippen LogP contribution in [0.15, 0.2) is 0 Å². The summed E-state index contributed by atoms with van der Waals surface area (Å²) in [7, 11) is 5.35. The molecule has 1 amide bonds. The Labute approximate surface area is 98.3 Å². The number of likely N-dealkylation sites (N-methyl/N-ethyl adjacent to an activating group) is 1. The van der Waals surface area contributed by atoms with E-state index in [-0.39, 0.29) is 5.91 Å². The van der Waals surface area contributed by atoms with Crippen LogP contribution in [0.3, 0.4) is 0 Å². The maximum atomic E-state index is 11.8. The molecule has 0 spiro atoms. The third-order valence-electron chi connectivity index (χ3n) is 2.48. The first-order valence-corrected chi connectivity index (χ1v) is 5.77. The highest BCUT2D eigenvalue weighted by Gasteiger charge is 2.16. The normalized spacial score (nSPS) is 12.5. The van der Waals surface area contributed by atoms with E-state index in [1.165, 1.54) is 0 Å². The van der Waals surface area contributed by atoms with Crippen LogP contribution >= 0.6 is 0 Å². The predicted octanol–water partition coefficient (Wildman–Crippen LogP) is -0.192. The van der Waals surface area contributed by atoms with Crippen molar-refractivity contribution in [2.24, 2.45) is 5.73 Å². The molecule has 0 aliphatic heterocycles. The van der Waals surface area contributed by atoms with Gasteiger partial charge < -0.3 is 20.7 Å². The van der Waals surface area contributed by atoms with Gasteiger partial charge in [0.15, 0.2) is 0 Å². The number of methoxy groups -OCH3 is 1. The molecular formula is C11H25N3O2. The van der Waals surface area contributed by atoms with Crippen molar-refractivity contribution in [3.05, 3.63) is 0 Å². The molecule has 0 saturated heterocycles. The minimum Gasteiger partial charge on any atom is -0.385 e.